The van der Waals surface area contributed by atoms with Crippen LogP contribution in [-0.4, -0.2) is 38.8 Å². The Hall–Kier alpha value is -1.82. The number of thiazole rings is 1. The Morgan fingerprint density at radius 3 is 3.11 bits per heavy atom. The average Bonchev–Trinajstić information content (AvgIpc) is 3.10. The van der Waals surface area contributed by atoms with E-state index in [9.17, 15) is 4.79 Å². The average molecular weight is 274 g/mol. The fraction of sp³-hybridized carbons (Fsp3) is 0.385. The Morgan fingerprint density at radius 2 is 2.37 bits per heavy atom. The van der Waals surface area contributed by atoms with Crippen LogP contribution in [0.2, 0.25) is 0 Å². The van der Waals surface area contributed by atoms with Gasteiger partial charge in [-0.1, -0.05) is 0 Å². The van der Waals surface area contributed by atoms with Crippen LogP contribution in [0.1, 0.15) is 34.3 Å². The van der Waals surface area contributed by atoms with E-state index < -0.39 is 0 Å². The molecular formula is C13H14N4OS. The lowest BCUT2D eigenvalue weighted by molar-refractivity contribution is 0.0785. The zero-order valence-electron chi connectivity index (χ0n) is 10.6. The fourth-order valence-corrected chi connectivity index (χ4v) is 2.83. The predicted molar refractivity (Wildman–Crippen MR) is 72.1 cm³/mol. The number of carbonyl (C=O) groups excluding carboxylic acids is 1. The van der Waals surface area contributed by atoms with E-state index in [4.69, 9.17) is 0 Å². The minimum Gasteiger partial charge on any atom is -0.337 e. The first-order valence-electron chi connectivity index (χ1n) is 6.21. The second kappa shape index (κ2) is 5.05. The summed E-state index contributed by atoms with van der Waals surface area (Å²) in [6.07, 6.45) is 2.70. The lowest BCUT2D eigenvalue weighted by atomic mass is 10.1. The fourth-order valence-electron chi connectivity index (χ4n) is 2.30. The first kappa shape index (κ1) is 12.2. The minimum absolute atomic E-state index is 0.0106. The number of carbonyl (C=O) groups is 1. The highest BCUT2D eigenvalue weighted by atomic mass is 32.1. The summed E-state index contributed by atoms with van der Waals surface area (Å²) >= 11 is 1.44. The van der Waals surface area contributed by atoms with Crippen molar-refractivity contribution < 1.29 is 4.79 Å². The molecule has 1 aliphatic rings. The zero-order chi connectivity index (χ0) is 13.2. The number of likely N-dealkylation sites (tertiary alicyclic amines) is 1. The van der Waals surface area contributed by atoms with Crippen molar-refractivity contribution in [1.82, 2.24) is 19.9 Å². The van der Waals surface area contributed by atoms with Gasteiger partial charge in [0, 0.05) is 36.3 Å². The van der Waals surface area contributed by atoms with Gasteiger partial charge in [-0.2, -0.15) is 0 Å². The summed E-state index contributed by atoms with van der Waals surface area (Å²) in [5, 5.41) is 1.79. The van der Waals surface area contributed by atoms with Gasteiger partial charge in [-0.25, -0.2) is 15.0 Å². The molecule has 3 heterocycles. The molecule has 98 valence electrons. The minimum atomic E-state index is 0.0106. The van der Waals surface area contributed by atoms with Crippen LogP contribution in [-0.2, 0) is 0 Å². The second-order valence-corrected chi connectivity index (χ2v) is 5.39. The maximum Gasteiger partial charge on any atom is 0.273 e. The van der Waals surface area contributed by atoms with E-state index in [1.807, 2.05) is 17.9 Å². The van der Waals surface area contributed by atoms with Gasteiger partial charge in [-0.15, -0.1) is 11.3 Å². The highest BCUT2D eigenvalue weighted by Crippen LogP contribution is 2.25. The number of hydrogen-bond acceptors (Lipinski definition) is 5. The summed E-state index contributed by atoms with van der Waals surface area (Å²) in [4.78, 5) is 26.9. The molecule has 0 saturated carbocycles. The Kier molecular flexibility index (Phi) is 3.25. The van der Waals surface area contributed by atoms with Gasteiger partial charge in [0.1, 0.15) is 11.5 Å². The standard InChI is InChI=1S/C13H14N4OS/c1-9-2-4-14-12(16-9)10-3-5-17(6-10)13(18)11-7-19-8-15-11/h2,4,7-8,10H,3,5-6H2,1H3/t10-/m0/s1. The first-order chi connectivity index (χ1) is 9.24. The van der Waals surface area contributed by atoms with Crippen molar-refractivity contribution in [3.63, 3.8) is 0 Å². The van der Waals surface area contributed by atoms with Crippen molar-refractivity contribution in [3.8, 4) is 0 Å². The Balaban J connectivity index is 1.72. The van der Waals surface area contributed by atoms with Crippen LogP contribution in [0.15, 0.2) is 23.2 Å². The molecule has 1 aliphatic heterocycles. The third kappa shape index (κ3) is 2.49. The molecule has 5 nitrogen and oxygen atoms in total. The molecule has 1 atom stereocenters. The van der Waals surface area contributed by atoms with Crippen LogP contribution in [0.4, 0.5) is 0 Å². The summed E-state index contributed by atoms with van der Waals surface area (Å²) in [5.74, 6) is 1.09. The van der Waals surface area contributed by atoms with Crippen molar-refractivity contribution in [2.45, 2.75) is 19.3 Å². The summed E-state index contributed by atoms with van der Waals surface area (Å²) in [5.41, 5.74) is 3.19. The number of rotatable bonds is 2. The maximum absolute atomic E-state index is 12.2. The van der Waals surface area contributed by atoms with Gasteiger partial charge in [0.15, 0.2) is 0 Å². The number of nitrogens with zero attached hydrogens (tertiary/aromatic N) is 4. The summed E-state index contributed by atoms with van der Waals surface area (Å²) in [6.45, 7) is 3.39. The molecular weight excluding hydrogens is 260 g/mol. The number of aromatic nitrogens is 3. The van der Waals surface area contributed by atoms with Crippen LogP contribution in [0.25, 0.3) is 0 Å². The molecule has 0 aromatic carbocycles. The topological polar surface area (TPSA) is 59.0 Å². The quantitative estimate of drug-likeness (QED) is 0.839. The van der Waals surface area contributed by atoms with Crippen molar-refractivity contribution in [2.24, 2.45) is 0 Å². The smallest absolute Gasteiger partial charge is 0.273 e. The summed E-state index contributed by atoms with van der Waals surface area (Å²) in [7, 11) is 0. The van der Waals surface area contributed by atoms with Crippen molar-refractivity contribution in [1.29, 1.82) is 0 Å². The van der Waals surface area contributed by atoms with E-state index in [2.05, 4.69) is 15.0 Å². The molecule has 1 amide bonds. The summed E-state index contributed by atoms with van der Waals surface area (Å²) < 4.78 is 0. The van der Waals surface area contributed by atoms with Crippen LogP contribution in [0.5, 0.6) is 0 Å². The molecule has 0 N–H and O–H groups in total. The van der Waals surface area contributed by atoms with Gasteiger partial charge >= 0.3 is 0 Å². The van der Waals surface area contributed by atoms with Crippen LogP contribution in [0.3, 0.4) is 0 Å². The number of aryl methyl sites for hydroxylation is 1. The van der Waals surface area contributed by atoms with E-state index in [-0.39, 0.29) is 11.8 Å². The lowest BCUT2D eigenvalue weighted by Crippen LogP contribution is -2.28. The van der Waals surface area contributed by atoms with E-state index >= 15 is 0 Å². The third-order valence-corrected chi connectivity index (χ3v) is 3.89. The summed E-state index contributed by atoms with van der Waals surface area (Å²) in [6, 6.07) is 1.89. The Labute approximate surface area is 115 Å². The van der Waals surface area contributed by atoms with Gasteiger partial charge in [-0.3, -0.25) is 4.79 Å². The normalized spacial score (nSPS) is 18.8. The molecule has 1 saturated heterocycles. The monoisotopic (exact) mass is 274 g/mol. The van der Waals surface area contributed by atoms with Crippen LogP contribution in [0, 0.1) is 6.92 Å². The van der Waals surface area contributed by atoms with Gasteiger partial charge in [0.25, 0.3) is 5.91 Å². The second-order valence-electron chi connectivity index (χ2n) is 4.67. The van der Waals surface area contributed by atoms with Crippen molar-refractivity contribution >= 4 is 17.2 Å². The zero-order valence-corrected chi connectivity index (χ0v) is 11.4. The van der Waals surface area contributed by atoms with E-state index in [1.165, 1.54) is 11.3 Å². The van der Waals surface area contributed by atoms with Gasteiger partial charge in [0.05, 0.1) is 5.51 Å². The molecule has 2 aromatic heterocycles. The van der Waals surface area contributed by atoms with E-state index in [1.54, 1.807) is 17.1 Å². The van der Waals surface area contributed by atoms with E-state index in [0.29, 0.717) is 12.2 Å². The molecule has 0 bridgehead atoms. The van der Waals surface area contributed by atoms with Gasteiger partial charge in [0.2, 0.25) is 0 Å². The Morgan fingerprint density at radius 1 is 1.47 bits per heavy atom. The maximum atomic E-state index is 12.2. The predicted octanol–water partition coefficient (Wildman–Crippen LogP) is 1.87. The highest BCUT2D eigenvalue weighted by molar-refractivity contribution is 7.07. The van der Waals surface area contributed by atoms with Crippen molar-refractivity contribution in [3.05, 3.63) is 40.4 Å². The molecule has 0 unspecified atom stereocenters. The molecule has 6 heteroatoms. The van der Waals surface area contributed by atoms with Crippen LogP contribution < -0.4 is 0 Å². The van der Waals surface area contributed by atoms with Gasteiger partial charge in [-0.05, 0) is 19.4 Å². The highest BCUT2D eigenvalue weighted by Gasteiger charge is 2.30. The van der Waals surface area contributed by atoms with Crippen molar-refractivity contribution in [2.75, 3.05) is 13.1 Å². The number of hydrogen-bond donors (Lipinski definition) is 0. The molecule has 1 fully saturated rings. The molecule has 0 aliphatic carbocycles. The molecule has 2 aromatic rings. The molecule has 0 spiro atoms. The number of amides is 1. The molecule has 3 rings (SSSR count). The van der Waals surface area contributed by atoms with Crippen LogP contribution >= 0.6 is 11.3 Å². The molecule has 19 heavy (non-hydrogen) atoms. The largest absolute Gasteiger partial charge is 0.337 e. The molecule has 0 radical (unpaired) electrons. The van der Waals surface area contributed by atoms with Gasteiger partial charge < -0.3 is 4.90 Å². The SMILES string of the molecule is Cc1ccnc([C@H]2CCN(C(=O)c3cscn3)C2)n1. The lowest BCUT2D eigenvalue weighted by Gasteiger charge is -2.14. The third-order valence-electron chi connectivity index (χ3n) is 3.31. The van der Waals surface area contributed by atoms with E-state index in [0.717, 1.165) is 24.5 Å². The Bertz CT molecular complexity index is 584. The first-order valence-corrected chi connectivity index (χ1v) is 7.15.